The summed E-state index contributed by atoms with van der Waals surface area (Å²) < 4.78 is 33.5. The highest BCUT2D eigenvalue weighted by Crippen LogP contribution is 2.39. The Morgan fingerprint density at radius 1 is 1.12 bits per heavy atom. The van der Waals surface area contributed by atoms with Crippen LogP contribution >= 0.6 is 0 Å². The first-order chi connectivity index (χ1) is 16.0. The number of fused-ring (bicyclic) bond motifs is 1. The van der Waals surface area contributed by atoms with Crippen LogP contribution in [0.15, 0.2) is 24.3 Å². The van der Waals surface area contributed by atoms with Crippen LogP contribution in [0.1, 0.15) is 36.0 Å². The maximum Gasteiger partial charge on any atom is 0.335 e. The number of rotatable bonds is 6. The third-order valence-electron chi connectivity index (χ3n) is 7.25. The van der Waals surface area contributed by atoms with Crippen molar-refractivity contribution in [1.29, 1.82) is 0 Å². The molecule has 2 aliphatic heterocycles. The van der Waals surface area contributed by atoms with E-state index in [2.05, 4.69) is 20.4 Å². The molecule has 0 amide bonds. The quantitative estimate of drug-likeness (QED) is 0.683. The highest BCUT2D eigenvalue weighted by Gasteiger charge is 2.41. The van der Waals surface area contributed by atoms with Crippen molar-refractivity contribution in [3.63, 3.8) is 0 Å². The molecule has 0 bridgehead atoms. The highest BCUT2D eigenvalue weighted by molar-refractivity contribution is 5.89. The smallest absolute Gasteiger partial charge is 0.335 e. The number of carbonyl (C=O) groups is 1. The van der Waals surface area contributed by atoms with E-state index in [-0.39, 0.29) is 16.8 Å². The monoisotopic (exact) mass is 458 g/mol. The molecule has 2 N–H and O–H groups in total. The van der Waals surface area contributed by atoms with E-state index < -0.39 is 17.6 Å². The van der Waals surface area contributed by atoms with Gasteiger partial charge in [-0.1, -0.05) is 0 Å². The molecule has 1 aliphatic carbocycles. The number of aromatic carboxylic acids is 1. The molecule has 3 atom stereocenters. The fourth-order valence-electron chi connectivity index (χ4n) is 5.62. The first kappa shape index (κ1) is 22.2. The lowest BCUT2D eigenvalue weighted by Gasteiger charge is -2.27. The lowest BCUT2D eigenvalue weighted by Crippen LogP contribution is -2.32. The Kier molecular flexibility index (Phi) is 6.25. The lowest BCUT2D eigenvalue weighted by atomic mass is 10.00. The number of nitrogens with zero attached hydrogens (tertiary/aromatic N) is 3. The molecule has 5 rings (SSSR count). The van der Waals surface area contributed by atoms with Gasteiger partial charge in [-0.2, -0.15) is 0 Å². The number of carboxylic acid groups (broad SMARTS) is 1. The molecule has 1 aromatic heterocycles. The summed E-state index contributed by atoms with van der Waals surface area (Å²) in [5.74, 6) is -0.982. The van der Waals surface area contributed by atoms with Gasteiger partial charge in [0.2, 0.25) is 0 Å². The lowest BCUT2D eigenvalue weighted by molar-refractivity contribution is 0.0545. The van der Waals surface area contributed by atoms with Gasteiger partial charge in [-0.3, -0.25) is 0 Å². The Hall–Kier alpha value is -2.65. The van der Waals surface area contributed by atoms with Crippen LogP contribution in [0.3, 0.4) is 0 Å². The van der Waals surface area contributed by atoms with Crippen LogP contribution in [-0.4, -0.2) is 65.1 Å². The molecule has 2 unspecified atom stereocenters. The topological polar surface area (TPSA) is 87.6 Å². The van der Waals surface area contributed by atoms with Gasteiger partial charge in [-0.15, -0.1) is 10.2 Å². The van der Waals surface area contributed by atoms with Gasteiger partial charge in [0.05, 0.1) is 11.3 Å². The van der Waals surface area contributed by atoms with Crippen molar-refractivity contribution in [1.82, 2.24) is 15.1 Å². The number of anilines is 1. The van der Waals surface area contributed by atoms with Crippen LogP contribution in [0.2, 0.25) is 0 Å². The number of halogens is 2. The number of carboxylic acids is 1. The van der Waals surface area contributed by atoms with Crippen molar-refractivity contribution in [2.45, 2.75) is 31.7 Å². The van der Waals surface area contributed by atoms with Gasteiger partial charge in [0.15, 0.2) is 11.6 Å². The third-order valence-corrected chi connectivity index (χ3v) is 7.25. The van der Waals surface area contributed by atoms with Crippen LogP contribution in [0, 0.1) is 29.4 Å². The van der Waals surface area contributed by atoms with E-state index in [9.17, 15) is 13.6 Å². The van der Waals surface area contributed by atoms with E-state index in [0.717, 1.165) is 51.1 Å². The molecule has 3 fully saturated rings. The summed E-state index contributed by atoms with van der Waals surface area (Å²) >= 11 is 0. The van der Waals surface area contributed by atoms with Crippen LogP contribution in [0.25, 0.3) is 11.3 Å². The second kappa shape index (κ2) is 9.30. The zero-order chi connectivity index (χ0) is 22.9. The minimum Gasteiger partial charge on any atom is -0.478 e. The number of hydrogen-bond donors (Lipinski definition) is 2. The molecule has 7 nitrogen and oxygen atoms in total. The fourth-order valence-corrected chi connectivity index (χ4v) is 5.62. The average Bonchev–Trinajstić information content (AvgIpc) is 3.34. The van der Waals surface area contributed by atoms with E-state index in [1.807, 2.05) is 0 Å². The van der Waals surface area contributed by atoms with Gasteiger partial charge in [0.1, 0.15) is 5.82 Å². The molecule has 3 heterocycles. The second-order valence-corrected chi connectivity index (χ2v) is 9.54. The predicted octanol–water partition coefficient (Wildman–Crippen LogP) is 3.67. The number of benzene rings is 1. The summed E-state index contributed by atoms with van der Waals surface area (Å²) in [6.45, 7) is 5.26. The summed E-state index contributed by atoms with van der Waals surface area (Å²) in [5, 5.41) is 20.7. The summed E-state index contributed by atoms with van der Waals surface area (Å²) in [7, 11) is 0. The zero-order valence-electron chi connectivity index (χ0n) is 18.3. The molecule has 0 radical (unpaired) electrons. The minimum atomic E-state index is -1.33. The van der Waals surface area contributed by atoms with Crippen molar-refractivity contribution in [3.05, 3.63) is 41.5 Å². The summed E-state index contributed by atoms with van der Waals surface area (Å²) in [4.78, 5) is 13.8. The minimum absolute atomic E-state index is 0.0899. The molecular formula is C24H28F2N4O3. The fraction of sp³-hybridized carbons (Fsp3) is 0.542. The SMILES string of the molecule is O=C(O)c1cc(F)c(F)c(-c2ccc(NC3CC4CN(CC5CCOCC5)C[C@H]4C3)nn2)c1. The van der Waals surface area contributed by atoms with Crippen LogP contribution in [0.4, 0.5) is 14.6 Å². The van der Waals surface area contributed by atoms with Crippen LogP contribution in [-0.2, 0) is 4.74 Å². The Labute approximate surface area is 191 Å². The molecule has 176 valence electrons. The summed E-state index contributed by atoms with van der Waals surface area (Å²) in [6.07, 6.45) is 4.50. The number of hydrogen-bond acceptors (Lipinski definition) is 6. The molecule has 1 saturated carbocycles. The largest absolute Gasteiger partial charge is 0.478 e. The standard InChI is InChI=1S/C24H28F2N4O3/c25-20-10-15(24(31)32)9-19(23(20)26)21-1-2-22(29-28-21)27-18-7-16-12-30(13-17(16)8-18)11-14-3-5-33-6-4-14/h1-2,9-10,14,16-18H,3-8,11-13H2,(H,27,29)(H,31,32)/t16-,17?,18?/m1/s1. The Morgan fingerprint density at radius 2 is 1.85 bits per heavy atom. The van der Waals surface area contributed by atoms with E-state index in [0.29, 0.717) is 29.8 Å². The van der Waals surface area contributed by atoms with Gasteiger partial charge in [-0.25, -0.2) is 13.6 Å². The Morgan fingerprint density at radius 3 is 2.48 bits per heavy atom. The maximum atomic E-state index is 14.2. The number of ether oxygens (including phenoxy) is 1. The van der Waals surface area contributed by atoms with E-state index in [1.54, 1.807) is 6.07 Å². The molecule has 1 aromatic carbocycles. The van der Waals surface area contributed by atoms with Gasteiger partial charge >= 0.3 is 5.97 Å². The van der Waals surface area contributed by atoms with E-state index in [4.69, 9.17) is 9.84 Å². The molecular weight excluding hydrogens is 430 g/mol. The highest BCUT2D eigenvalue weighted by atomic mass is 19.2. The molecule has 3 aliphatic rings. The van der Waals surface area contributed by atoms with Crippen molar-refractivity contribution < 1.29 is 23.4 Å². The number of nitrogens with one attached hydrogen (secondary N) is 1. The van der Waals surface area contributed by atoms with Gasteiger partial charge in [0, 0.05) is 44.5 Å². The van der Waals surface area contributed by atoms with Crippen molar-refractivity contribution in [2.24, 2.45) is 17.8 Å². The van der Waals surface area contributed by atoms with E-state index in [1.165, 1.54) is 25.5 Å². The average molecular weight is 459 g/mol. The Balaban J connectivity index is 1.18. The Bertz CT molecular complexity index is 1000. The number of likely N-dealkylation sites (tertiary alicyclic amines) is 1. The molecule has 0 spiro atoms. The summed E-state index contributed by atoms with van der Waals surface area (Å²) in [5.41, 5.74) is -0.463. The van der Waals surface area contributed by atoms with Crippen molar-refractivity contribution in [2.75, 3.05) is 38.2 Å². The van der Waals surface area contributed by atoms with E-state index >= 15 is 0 Å². The second-order valence-electron chi connectivity index (χ2n) is 9.54. The normalized spacial score (nSPS) is 25.8. The molecule has 33 heavy (non-hydrogen) atoms. The van der Waals surface area contributed by atoms with Crippen molar-refractivity contribution in [3.8, 4) is 11.3 Å². The van der Waals surface area contributed by atoms with Gasteiger partial charge < -0.3 is 20.1 Å². The van der Waals surface area contributed by atoms with Gasteiger partial charge in [-0.05, 0) is 67.7 Å². The number of aromatic nitrogens is 2. The third kappa shape index (κ3) is 4.84. The van der Waals surface area contributed by atoms with Crippen molar-refractivity contribution >= 4 is 11.8 Å². The predicted molar refractivity (Wildman–Crippen MR) is 118 cm³/mol. The zero-order valence-corrected chi connectivity index (χ0v) is 18.3. The molecule has 9 heteroatoms. The maximum absolute atomic E-state index is 14.2. The molecule has 2 aromatic rings. The summed E-state index contributed by atoms with van der Waals surface area (Å²) in [6, 6.07) is 5.26. The first-order valence-corrected chi connectivity index (χ1v) is 11.6. The molecule has 2 saturated heterocycles. The van der Waals surface area contributed by atoms with Crippen LogP contribution in [0.5, 0.6) is 0 Å². The van der Waals surface area contributed by atoms with Gasteiger partial charge in [0.25, 0.3) is 0 Å². The first-order valence-electron chi connectivity index (χ1n) is 11.6. The van der Waals surface area contributed by atoms with Crippen LogP contribution < -0.4 is 5.32 Å².